The van der Waals surface area contributed by atoms with E-state index in [0.29, 0.717) is 0 Å². The number of alkyl halides is 12. The largest absolute Gasteiger partial charge is 0.478 e. The maximum absolute atomic E-state index is 13.3. The van der Waals surface area contributed by atoms with Crippen LogP contribution in [0.15, 0.2) is 11.6 Å². The highest BCUT2D eigenvalue weighted by atomic mass is 19.4. The fourth-order valence-corrected chi connectivity index (χ4v) is 1.51. The van der Waals surface area contributed by atoms with Gasteiger partial charge in [0.2, 0.25) is 0 Å². The number of halogens is 12. The highest BCUT2D eigenvalue weighted by Gasteiger charge is 2.81. The quantitative estimate of drug-likeness (QED) is 0.436. The van der Waals surface area contributed by atoms with Gasteiger partial charge in [-0.05, 0) is 13.3 Å². The lowest BCUT2D eigenvalue weighted by atomic mass is 9.93. The van der Waals surface area contributed by atoms with E-state index < -0.39 is 66.5 Å². The number of carbonyl (C=O) groups is 1. The van der Waals surface area contributed by atoms with Crippen molar-refractivity contribution in [2.24, 2.45) is 0 Å². The predicted molar refractivity (Wildman–Crippen MR) is 61.4 cm³/mol. The van der Waals surface area contributed by atoms with Crippen molar-refractivity contribution in [1.82, 2.24) is 0 Å². The number of carboxylic acid groups (broad SMARTS) is 1. The molecule has 0 rings (SSSR count). The second-order valence-corrected chi connectivity index (χ2v) is 5.15. The molecule has 0 saturated carbocycles. The average Bonchev–Trinajstić information content (AvgIpc) is 2.42. The molecule has 0 aliphatic rings. The lowest BCUT2D eigenvalue weighted by Crippen LogP contribution is -2.64. The van der Waals surface area contributed by atoms with E-state index in [0.717, 1.165) is 0 Å². The first-order valence-corrected chi connectivity index (χ1v) is 6.35. The van der Waals surface area contributed by atoms with Gasteiger partial charge in [0.1, 0.15) is 0 Å². The summed E-state index contributed by atoms with van der Waals surface area (Å²) in [7, 11) is 0. The summed E-state index contributed by atoms with van der Waals surface area (Å²) in [5, 5.41) is 8.26. The Bertz CT molecular complexity index is 549. The molecule has 14 heteroatoms. The third-order valence-electron chi connectivity index (χ3n) is 3.04. The lowest BCUT2D eigenvalue weighted by molar-refractivity contribution is -0.366. The van der Waals surface area contributed by atoms with E-state index in [2.05, 4.69) is 0 Å². The van der Waals surface area contributed by atoms with Gasteiger partial charge >= 0.3 is 35.8 Å². The minimum atomic E-state index is -7.15. The summed E-state index contributed by atoms with van der Waals surface area (Å²) in [6, 6.07) is 0. The Kier molecular flexibility index (Phi) is 6.73. The van der Waals surface area contributed by atoms with Gasteiger partial charge in [-0.1, -0.05) is 0 Å². The molecule has 1 unspecified atom stereocenters. The first-order chi connectivity index (χ1) is 11.2. The molecule has 0 aliphatic heterocycles. The van der Waals surface area contributed by atoms with E-state index in [9.17, 15) is 57.5 Å². The maximum Gasteiger partial charge on any atom is 0.389 e. The fourth-order valence-electron chi connectivity index (χ4n) is 1.51. The zero-order valence-corrected chi connectivity index (χ0v) is 12.5. The van der Waals surface area contributed by atoms with Crippen molar-refractivity contribution in [3.05, 3.63) is 11.6 Å². The molecule has 0 fully saturated rings. The van der Waals surface area contributed by atoms with Gasteiger partial charge in [0.15, 0.2) is 6.17 Å². The van der Waals surface area contributed by atoms with Crippen LogP contribution in [0.1, 0.15) is 19.8 Å². The number of hydrogen-bond donors (Lipinski definition) is 1. The Hall–Kier alpha value is -1.63. The molecule has 0 aromatic carbocycles. The van der Waals surface area contributed by atoms with Gasteiger partial charge in [0, 0.05) is 18.1 Å². The number of hydrogen-bond acceptors (Lipinski definition) is 1. The van der Waals surface area contributed by atoms with Gasteiger partial charge in [-0.25, -0.2) is 9.18 Å². The summed E-state index contributed by atoms with van der Waals surface area (Å²) in [5.74, 6) is -29.3. The minimum Gasteiger partial charge on any atom is -0.478 e. The Labute approximate surface area is 137 Å². The smallest absolute Gasteiger partial charge is 0.389 e. The van der Waals surface area contributed by atoms with E-state index >= 15 is 0 Å². The van der Waals surface area contributed by atoms with Crippen LogP contribution in [0.3, 0.4) is 0 Å². The second kappa shape index (κ2) is 7.18. The number of aliphatic carboxylic acids is 1. The van der Waals surface area contributed by atoms with Crippen molar-refractivity contribution in [2.45, 2.75) is 55.8 Å². The highest BCUT2D eigenvalue weighted by Crippen LogP contribution is 2.55. The van der Waals surface area contributed by atoms with Crippen molar-refractivity contribution in [2.75, 3.05) is 0 Å². The first-order valence-electron chi connectivity index (χ1n) is 6.35. The van der Waals surface area contributed by atoms with Crippen LogP contribution in [0.5, 0.6) is 0 Å². The molecule has 1 atom stereocenters. The van der Waals surface area contributed by atoms with Crippen molar-refractivity contribution in [1.29, 1.82) is 0 Å². The minimum absolute atomic E-state index is 0.254. The van der Waals surface area contributed by atoms with Crippen molar-refractivity contribution in [3.63, 3.8) is 0 Å². The Morgan fingerprint density at radius 2 is 1.35 bits per heavy atom. The Morgan fingerprint density at radius 3 is 1.69 bits per heavy atom. The number of carboxylic acids is 1. The molecule has 0 aromatic heterocycles. The number of allylic oxidation sites excluding steroid dienone is 1. The molecule has 0 amide bonds. The summed E-state index contributed by atoms with van der Waals surface area (Å²) < 4.78 is 155. The molecular weight excluding hydrogens is 404 g/mol. The summed E-state index contributed by atoms with van der Waals surface area (Å²) >= 11 is 0. The molecule has 0 aliphatic carbocycles. The third-order valence-corrected chi connectivity index (χ3v) is 3.04. The van der Waals surface area contributed by atoms with E-state index in [-0.39, 0.29) is 6.92 Å². The van der Waals surface area contributed by atoms with Crippen LogP contribution >= 0.6 is 0 Å². The Balaban J connectivity index is 5.86. The standard InChI is InChI=1S/C12H10F12O2/c1-5(7(25)26)4-8(14,15)11(21,22)12(23,24)10(19,20)6(13)2-3-9(16,17)18/h4,6H,2-3H2,1H3,(H,25,26). The molecule has 0 heterocycles. The van der Waals surface area contributed by atoms with Crippen LogP contribution in [-0.2, 0) is 4.79 Å². The predicted octanol–water partition coefficient (Wildman–Crippen LogP) is 5.24. The van der Waals surface area contributed by atoms with Gasteiger partial charge in [-0.15, -0.1) is 0 Å². The van der Waals surface area contributed by atoms with Gasteiger partial charge in [0.25, 0.3) is 0 Å². The van der Waals surface area contributed by atoms with Crippen LogP contribution < -0.4 is 0 Å². The molecule has 0 spiro atoms. The van der Waals surface area contributed by atoms with Crippen molar-refractivity contribution >= 4 is 5.97 Å². The fraction of sp³-hybridized carbons (Fsp3) is 0.750. The van der Waals surface area contributed by atoms with Gasteiger partial charge < -0.3 is 5.11 Å². The first kappa shape index (κ1) is 24.4. The van der Waals surface area contributed by atoms with E-state index in [1.54, 1.807) is 0 Å². The SMILES string of the molecule is CC(=CC(F)(F)C(F)(F)C(F)(F)C(F)(F)C(F)CCC(F)(F)F)C(=O)O. The van der Waals surface area contributed by atoms with Gasteiger partial charge in [-0.2, -0.15) is 48.3 Å². The average molecular weight is 414 g/mol. The summed E-state index contributed by atoms with van der Waals surface area (Å²) in [6.45, 7) is 0.254. The molecule has 0 radical (unpaired) electrons. The van der Waals surface area contributed by atoms with Crippen molar-refractivity contribution < 1.29 is 62.6 Å². The highest BCUT2D eigenvalue weighted by molar-refractivity contribution is 5.86. The molecule has 1 N–H and O–H groups in total. The molecule has 154 valence electrons. The van der Waals surface area contributed by atoms with Crippen LogP contribution in [-0.4, -0.2) is 47.1 Å². The normalized spacial score (nSPS) is 16.6. The molecular formula is C12H10F12O2. The van der Waals surface area contributed by atoms with Crippen LogP contribution in [0.25, 0.3) is 0 Å². The molecule has 2 nitrogen and oxygen atoms in total. The van der Waals surface area contributed by atoms with Crippen molar-refractivity contribution in [3.8, 4) is 0 Å². The van der Waals surface area contributed by atoms with Crippen LogP contribution in [0, 0.1) is 0 Å². The lowest BCUT2D eigenvalue weighted by Gasteiger charge is -2.37. The Morgan fingerprint density at radius 1 is 0.923 bits per heavy atom. The molecule has 0 aromatic rings. The van der Waals surface area contributed by atoms with Crippen LogP contribution in [0.2, 0.25) is 0 Å². The zero-order valence-electron chi connectivity index (χ0n) is 12.5. The zero-order chi connectivity index (χ0) is 21.4. The summed E-state index contributed by atoms with van der Waals surface area (Å²) in [5.41, 5.74) is -1.62. The summed E-state index contributed by atoms with van der Waals surface area (Å²) in [6.07, 6.45) is -15.9. The maximum atomic E-state index is 13.3. The third kappa shape index (κ3) is 4.75. The van der Waals surface area contributed by atoms with E-state index in [4.69, 9.17) is 5.11 Å². The number of rotatable bonds is 8. The molecule has 26 heavy (non-hydrogen) atoms. The molecule has 0 bridgehead atoms. The topological polar surface area (TPSA) is 37.3 Å². The summed E-state index contributed by atoms with van der Waals surface area (Å²) in [4.78, 5) is 10.3. The molecule has 0 saturated heterocycles. The monoisotopic (exact) mass is 414 g/mol. The van der Waals surface area contributed by atoms with Gasteiger partial charge in [0.05, 0.1) is 0 Å². The second-order valence-electron chi connectivity index (χ2n) is 5.15. The van der Waals surface area contributed by atoms with Crippen LogP contribution in [0.4, 0.5) is 52.7 Å². The van der Waals surface area contributed by atoms with E-state index in [1.807, 2.05) is 0 Å². The van der Waals surface area contributed by atoms with Gasteiger partial charge in [-0.3, -0.25) is 0 Å². The van der Waals surface area contributed by atoms with E-state index in [1.165, 1.54) is 0 Å².